The molecule has 0 bridgehead atoms. The molecule has 0 heterocycles. The molecule has 0 aromatic rings. The van der Waals surface area contributed by atoms with Gasteiger partial charge in [0.2, 0.25) is 0 Å². The van der Waals surface area contributed by atoms with Crippen molar-refractivity contribution in [3.05, 3.63) is 0 Å². The van der Waals surface area contributed by atoms with Gasteiger partial charge in [0.25, 0.3) is 0 Å². The molecular formula is C13H29N. The molecule has 1 heteroatoms. The summed E-state index contributed by atoms with van der Waals surface area (Å²) in [5, 5.41) is 0. The molecule has 2 unspecified atom stereocenters. The molecule has 86 valence electrons. The predicted molar refractivity (Wildman–Crippen MR) is 65.6 cm³/mol. The van der Waals surface area contributed by atoms with E-state index in [1.807, 2.05) is 0 Å². The first-order chi connectivity index (χ1) is 6.57. The summed E-state index contributed by atoms with van der Waals surface area (Å²) in [7, 11) is 4.33. The predicted octanol–water partition coefficient (Wildman–Crippen LogP) is 3.79. The Bertz CT molecular complexity index is 120. The van der Waals surface area contributed by atoms with E-state index in [2.05, 4.69) is 39.8 Å². The van der Waals surface area contributed by atoms with Crippen molar-refractivity contribution in [3.8, 4) is 0 Å². The second-order valence-electron chi connectivity index (χ2n) is 5.07. The zero-order chi connectivity index (χ0) is 11.0. The second-order valence-corrected chi connectivity index (χ2v) is 5.07. The van der Waals surface area contributed by atoms with E-state index in [-0.39, 0.29) is 0 Å². The van der Waals surface area contributed by atoms with Crippen molar-refractivity contribution in [2.75, 3.05) is 20.6 Å². The number of hydrogen-bond donors (Lipinski definition) is 0. The van der Waals surface area contributed by atoms with Gasteiger partial charge in [-0.3, -0.25) is 0 Å². The van der Waals surface area contributed by atoms with Crippen molar-refractivity contribution in [3.63, 3.8) is 0 Å². The van der Waals surface area contributed by atoms with Gasteiger partial charge in [0.1, 0.15) is 0 Å². The average Bonchev–Trinajstić information content (AvgIpc) is 2.11. The number of rotatable bonds is 8. The lowest BCUT2D eigenvalue weighted by molar-refractivity contribution is 0.261. The van der Waals surface area contributed by atoms with Gasteiger partial charge in [-0.1, -0.05) is 52.9 Å². The minimum Gasteiger partial charge on any atom is -0.309 e. The van der Waals surface area contributed by atoms with Crippen LogP contribution in [0.25, 0.3) is 0 Å². The highest BCUT2D eigenvalue weighted by molar-refractivity contribution is 4.64. The monoisotopic (exact) mass is 199 g/mol. The van der Waals surface area contributed by atoms with Crippen LogP contribution in [0.15, 0.2) is 0 Å². The summed E-state index contributed by atoms with van der Waals surface area (Å²) >= 11 is 0. The lowest BCUT2D eigenvalue weighted by atomic mass is 9.90. The molecule has 0 radical (unpaired) electrons. The van der Waals surface area contributed by atoms with Gasteiger partial charge < -0.3 is 4.90 Å². The highest BCUT2D eigenvalue weighted by Gasteiger charge is 2.12. The Hall–Kier alpha value is -0.0400. The van der Waals surface area contributed by atoms with Crippen molar-refractivity contribution in [2.45, 2.75) is 52.9 Å². The van der Waals surface area contributed by atoms with Crippen LogP contribution in [0, 0.1) is 11.8 Å². The van der Waals surface area contributed by atoms with E-state index in [4.69, 9.17) is 0 Å². The maximum atomic E-state index is 2.40. The Morgan fingerprint density at radius 3 is 2.07 bits per heavy atom. The lowest BCUT2D eigenvalue weighted by Crippen LogP contribution is -2.24. The quantitative estimate of drug-likeness (QED) is 0.538. The molecule has 0 aromatic carbocycles. The van der Waals surface area contributed by atoms with Crippen LogP contribution in [-0.2, 0) is 0 Å². The summed E-state index contributed by atoms with van der Waals surface area (Å²) in [4.78, 5) is 2.30. The summed E-state index contributed by atoms with van der Waals surface area (Å²) in [5.41, 5.74) is 0. The fraction of sp³-hybridized carbons (Fsp3) is 1.00. The molecule has 1 nitrogen and oxygen atoms in total. The molecule has 0 amide bonds. The van der Waals surface area contributed by atoms with Gasteiger partial charge >= 0.3 is 0 Å². The maximum absolute atomic E-state index is 2.40. The topological polar surface area (TPSA) is 3.24 Å². The van der Waals surface area contributed by atoms with E-state index in [1.165, 1.54) is 38.6 Å². The average molecular weight is 199 g/mol. The number of unbranched alkanes of at least 4 members (excludes halogenated alkanes) is 3. The first-order valence-corrected chi connectivity index (χ1v) is 6.22. The van der Waals surface area contributed by atoms with Crippen molar-refractivity contribution in [1.29, 1.82) is 0 Å². The maximum Gasteiger partial charge on any atom is 0.000346 e. The summed E-state index contributed by atoms with van der Waals surface area (Å²) in [5.74, 6) is 1.72. The third-order valence-corrected chi connectivity index (χ3v) is 3.14. The summed E-state index contributed by atoms with van der Waals surface area (Å²) in [6, 6.07) is 0. The van der Waals surface area contributed by atoms with Crippen LogP contribution in [-0.4, -0.2) is 25.5 Å². The summed E-state index contributed by atoms with van der Waals surface area (Å²) in [6.45, 7) is 8.29. The van der Waals surface area contributed by atoms with Gasteiger partial charge in [0.05, 0.1) is 0 Å². The smallest absolute Gasteiger partial charge is 0.000346 e. The van der Waals surface area contributed by atoms with Gasteiger partial charge in [0.15, 0.2) is 0 Å². The molecule has 2 atom stereocenters. The largest absolute Gasteiger partial charge is 0.309 e. The zero-order valence-electron chi connectivity index (χ0n) is 10.8. The Kier molecular flexibility index (Phi) is 8.26. The fourth-order valence-electron chi connectivity index (χ4n) is 1.93. The van der Waals surface area contributed by atoms with Crippen LogP contribution < -0.4 is 0 Å². The van der Waals surface area contributed by atoms with Crippen LogP contribution in [0.4, 0.5) is 0 Å². The number of nitrogens with zero attached hydrogens (tertiary/aromatic N) is 1. The SMILES string of the molecule is CCCCCCC(C)C(C)CN(C)C. The van der Waals surface area contributed by atoms with Gasteiger partial charge in [-0.25, -0.2) is 0 Å². The van der Waals surface area contributed by atoms with E-state index >= 15 is 0 Å². The van der Waals surface area contributed by atoms with E-state index in [9.17, 15) is 0 Å². The molecule has 0 saturated carbocycles. The molecule has 0 aliphatic heterocycles. The van der Waals surface area contributed by atoms with E-state index in [0.29, 0.717) is 0 Å². The zero-order valence-corrected chi connectivity index (χ0v) is 10.8. The van der Waals surface area contributed by atoms with Crippen LogP contribution in [0.2, 0.25) is 0 Å². The van der Waals surface area contributed by atoms with Crippen molar-refractivity contribution >= 4 is 0 Å². The molecule has 0 aliphatic carbocycles. The number of hydrogen-bond acceptors (Lipinski definition) is 1. The molecule has 0 spiro atoms. The third kappa shape index (κ3) is 7.37. The highest BCUT2D eigenvalue weighted by atomic mass is 15.1. The second kappa shape index (κ2) is 8.28. The lowest BCUT2D eigenvalue weighted by Gasteiger charge is -2.23. The van der Waals surface area contributed by atoms with E-state index < -0.39 is 0 Å². The Morgan fingerprint density at radius 1 is 0.929 bits per heavy atom. The van der Waals surface area contributed by atoms with Crippen molar-refractivity contribution < 1.29 is 0 Å². The Labute approximate surface area is 90.9 Å². The van der Waals surface area contributed by atoms with Crippen molar-refractivity contribution in [1.82, 2.24) is 4.90 Å². The Balaban J connectivity index is 3.46. The van der Waals surface area contributed by atoms with Gasteiger partial charge in [-0.05, 0) is 25.9 Å². The summed E-state index contributed by atoms with van der Waals surface area (Å²) in [6.07, 6.45) is 7.02. The summed E-state index contributed by atoms with van der Waals surface area (Å²) < 4.78 is 0. The highest BCUT2D eigenvalue weighted by Crippen LogP contribution is 2.19. The molecule has 0 saturated heterocycles. The van der Waals surface area contributed by atoms with Crippen molar-refractivity contribution in [2.24, 2.45) is 11.8 Å². The molecule has 14 heavy (non-hydrogen) atoms. The molecule has 0 N–H and O–H groups in total. The molecule has 0 aromatic heterocycles. The van der Waals surface area contributed by atoms with E-state index in [1.54, 1.807) is 0 Å². The standard InChI is InChI=1S/C13H29N/c1-6-7-8-9-10-12(2)13(3)11-14(4)5/h12-13H,6-11H2,1-5H3. The van der Waals surface area contributed by atoms with Gasteiger partial charge in [0, 0.05) is 6.54 Å². The first-order valence-electron chi connectivity index (χ1n) is 6.22. The van der Waals surface area contributed by atoms with Crippen LogP contribution in [0.3, 0.4) is 0 Å². The molecule has 0 fully saturated rings. The minimum atomic E-state index is 0.839. The normalized spacial score (nSPS) is 15.9. The van der Waals surface area contributed by atoms with Crippen LogP contribution in [0.5, 0.6) is 0 Å². The fourth-order valence-corrected chi connectivity index (χ4v) is 1.93. The van der Waals surface area contributed by atoms with Crippen LogP contribution >= 0.6 is 0 Å². The molecular weight excluding hydrogens is 170 g/mol. The minimum absolute atomic E-state index is 0.839. The van der Waals surface area contributed by atoms with E-state index in [0.717, 1.165) is 11.8 Å². The van der Waals surface area contributed by atoms with Gasteiger partial charge in [-0.15, -0.1) is 0 Å². The molecule has 0 aliphatic rings. The third-order valence-electron chi connectivity index (χ3n) is 3.14. The van der Waals surface area contributed by atoms with Gasteiger partial charge in [-0.2, -0.15) is 0 Å². The Morgan fingerprint density at radius 2 is 1.57 bits per heavy atom. The van der Waals surface area contributed by atoms with Crippen LogP contribution in [0.1, 0.15) is 52.9 Å². The molecule has 0 rings (SSSR count). The first kappa shape index (κ1) is 14.0.